The summed E-state index contributed by atoms with van der Waals surface area (Å²) < 4.78 is 46.3. The molecule has 1 saturated heterocycles. The molecule has 0 bridgehead atoms. The van der Waals surface area contributed by atoms with E-state index in [-0.39, 0.29) is 30.4 Å². The Bertz CT molecular complexity index is 808. The molecule has 28 heavy (non-hydrogen) atoms. The molecule has 1 fully saturated rings. The van der Waals surface area contributed by atoms with E-state index in [2.05, 4.69) is 20.0 Å². The first kappa shape index (κ1) is 19.9. The van der Waals surface area contributed by atoms with Gasteiger partial charge in [-0.3, -0.25) is 4.79 Å². The van der Waals surface area contributed by atoms with Gasteiger partial charge in [0.1, 0.15) is 12.5 Å². The highest BCUT2D eigenvalue weighted by atomic mass is 19.4. The smallest absolute Gasteiger partial charge is 0.406 e. The van der Waals surface area contributed by atoms with Gasteiger partial charge in [0.2, 0.25) is 5.95 Å². The van der Waals surface area contributed by atoms with Crippen molar-refractivity contribution in [1.29, 1.82) is 0 Å². The number of hydrogen-bond acceptors (Lipinski definition) is 6. The second kappa shape index (κ2) is 8.42. The van der Waals surface area contributed by atoms with Gasteiger partial charge < -0.3 is 19.7 Å². The Balaban J connectivity index is 1.63. The van der Waals surface area contributed by atoms with E-state index in [1.54, 1.807) is 17.9 Å². The monoisotopic (exact) mass is 396 g/mol. The van der Waals surface area contributed by atoms with Crippen molar-refractivity contribution in [2.45, 2.75) is 25.7 Å². The van der Waals surface area contributed by atoms with Crippen LogP contribution in [0.25, 0.3) is 0 Å². The quantitative estimate of drug-likeness (QED) is 0.835. The van der Waals surface area contributed by atoms with Crippen LogP contribution in [0.1, 0.15) is 35.3 Å². The van der Waals surface area contributed by atoms with Gasteiger partial charge in [-0.2, -0.15) is 0 Å². The van der Waals surface area contributed by atoms with Crippen molar-refractivity contribution in [1.82, 2.24) is 14.9 Å². The van der Waals surface area contributed by atoms with Gasteiger partial charge in [0, 0.05) is 18.9 Å². The zero-order chi connectivity index (χ0) is 20.1. The van der Waals surface area contributed by atoms with Crippen molar-refractivity contribution in [2.24, 2.45) is 0 Å². The summed E-state index contributed by atoms with van der Waals surface area (Å²) in [5, 5.41) is 2.99. The molecule has 7 nitrogen and oxygen atoms in total. The lowest BCUT2D eigenvalue weighted by molar-refractivity contribution is -0.274. The molecule has 1 unspecified atom stereocenters. The van der Waals surface area contributed by atoms with Crippen molar-refractivity contribution < 1.29 is 27.4 Å². The van der Waals surface area contributed by atoms with Gasteiger partial charge in [-0.05, 0) is 31.0 Å². The van der Waals surface area contributed by atoms with Gasteiger partial charge in [0.25, 0.3) is 5.91 Å². The molecule has 3 rings (SSSR count). The first-order chi connectivity index (χ1) is 13.3. The van der Waals surface area contributed by atoms with Crippen molar-refractivity contribution >= 4 is 11.9 Å². The summed E-state index contributed by atoms with van der Waals surface area (Å²) in [7, 11) is 0. The third kappa shape index (κ3) is 5.32. The standard InChI is InChI=1S/C18H19F3N4O3/c1-12(13-4-2-5-15(8-13)28-18(19,20)21)24-17-22-9-14(10-23-17)16(26)25-6-3-7-27-11-25/h2,4-5,8-10,12H,3,6-7,11H2,1H3,(H,22,23,24). The lowest BCUT2D eigenvalue weighted by atomic mass is 10.1. The van der Waals surface area contributed by atoms with Crippen LogP contribution in [0.5, 0.6) is 5.75 Å². The number of alkyl halides is 3. The molecule has 1 aliphatic heterocycles. The molecule has 0 radical (unpaired) electrons. The maximum Gasteiger partial charge on any atom is 0.573 e. The molecular formula is C18H19F3N4O3. The molecule has 1 amide bonds. The van der Waals surface area contributed by atoms with Gasteiger partial charge in [-0.1, -0.05) is 12.1 Å². The van der Waals surface area contributed by atoms with Crippen LogP contribution >= 0.6 is 0 Å². The Morgan fingerprint density at radius 3 is 2.71 bits per heavy atom. The largest absolute Gasteiger partial charge is 0.573 e. The molecule has 0 saturated carbocycles. The molecule has 0 aliphatic carbocycles. The number of carbonyl (C=O) groups is 1. The van der Waals surface area contributed by atoms with Crippen LogP contribution in [0, 0.1) is 0 Å². The molecule has 0 spiro atoms. The predicted molar refractivity (Wildman–Crippen MR) is 93.7 cm³/mol. The molecule has 1 aromatic carbocycles. The van der Waals surface area contributed by atoms with E-state index in [9.17, 15) is 18.0 Å². The van der Waals surface area contributed by atoms with E-state index in [0.29, 0.717) is 24.3 Å². The molecule has 1 atom stereocenters. The lowest BCUT2D eigenvalue weighted by Gasteiger charge is -2.26. The van der Waals surface area contributed by atoms with Crippen molar-refractivity contribution in [3.63, 3.8) is 0 Å². The van der Waals surface area contributed by atoms with Crippen LogP contribution in [0.3, 0.4) is 0 Å². The SMILES string of the molecule is CC(Nc1ncc(C(=O)N2CCCOC2)cn1)c1cccc(OC(F)(F)F)c1. The van der Waals surface area contributed by atoms with E-state index < -0.39 is 6.36 Å². The Hall–Kier alpha value is -2.88. The van der Waals surface area contributed by atoms with E-state index in [1.165, 1.54) is 30.6 Å². The summed E-state index contributed by atoms with van der Waals surface area (Å²) in [6.07, 6.45) is -1.16. The number of halogens is 3. The fourth-order valence-corrected chi connectivity index (χ4v) is 2.71. The number of nitrogens with one attached hydrogen (secondary N) is 1. The number of rotatable bonds is 5. The van der Waals surface area contributed by atoms with Gasteiger partial charge >= 0.3 is 6.36 Å². The summed E-state index contributed by atoms with van der Waals surface area (Å²) in [6.45, 7) is 3.24. The molecule has 1 aromatic heterocycles. The minimum atomic E-state index is -4.75. The summed E-state index contributed by atoms with van der Waals surface area (Å²) in [4.78, 5) is 22.2. The van der Waals surface area contributed by atoms with Crippen molar-refractivity contribution in [3.05, 3.63) is 47.8 Å². The topological polar surface area (TPSA) is 76.6 Å². The van der Waals surface area contributed by atoms with E-state index in [1.807, 2.05) is 0 Å². The fraction of sp³-hybridized carbons (Fsp3) is 0.389. The zero-order valence-corrected chi connectivity index (χ0v) is 15.1. The number of nitrogens with zero attached hydrogens (tertiary/aromatic N) is 3. The number of amides is 1. The Labute approximate surface area is 159 Å². The minimum absolute atomic E-state index is 0.212. The third-order valence-electron chi connectivity index (χ3n) is 4.09. The number of benzene rings is 1. The van der Waals surface area contributed by atoms with Crippen molar-refractivity contribution in [2.75, 3.05) is 25.2 Å². The molecule has 10 heteroatoms. The van der Waals surface area contributed by atoms with Crippen LogP contribution in [-0.2, 0) is 4.74 Å². The molecular weight excluding hydrogens is 377 g/mol. The molecule has 150 valence electrons. The maximum absolute atomic E-state index is 12.4. The number of ether oxygens (including phenoxy) is 2. The first-order valence-corrected chi connectivity index (χ1v) is 8.63. The third-order valence-corrected chi connectivity index (χ3v) is 4.09. The van der Waals surface area contributed by atoms with Crippen molar-refractivity contribution in [3.8, 4) is 5.75 Å². The second-order valence-corrected chi connectivity index (χ2v) is 6.24. The maximum atomic E-state index is 12.4. The first-order valence-electron chi connectivity index (χ1n) is 8.63. The zero-order valence-electron chi connectivity index (χ0n) is 15.1. The number of carbonyl (C=O) groups excluding carboxylic acids is 1. The van der Waals surface area contributed by atoms with Gasteiger partial charge in [-0.15, -0.1) is 13.2 Å². The van der Waals surface area contributed by atoms with Crippen LogP contribution in [0.4, 0.5) is 19.1 Å². The normalized spacial score (nSPS) is 15.8. The summed E-state index contributed by atoms with van der Waals surface area (Å²) in [5.41, 5.74) is 0.903. The van der Waals surface area contributed by atoms with Gasteiger partial charge in [0.15, 0.2) is 0 Å². The summed E-state index contributed by atoms with van der Waals surface area (Å²) >= 11 is 0. The van der Waals surface area contributed by atoms with Crippen LogP contribution in [0.15, 0.2) is 36.7 Å². The highest BCUT2D eigenvalue weighted by molar-refractivity contribution is 5.93. The Kier molecular flexibility index (Phi) is 5.98. The van der Waals surface area contributed by atoms with E-state index >= 15 is 0 Å². The van der Waals surface area contributed by atoms with Gasteiger partial charge in [0.05, 0.1) is 18.2 Å². The number of hydrogen-bond donors (Lipinski definition) is 1. The van der Waals surface area contributed by atoms with Crippen LogP contribution < -0.4 is 10.1 Å². The van der Waals surface area contributed by atoms with Gasteiger partial charge in [-0.25, -0.2) is 9.97 Å². The van der Waals surface area contributed by atoms with E-state index in [0.717, 1.165) is 6.42 Å². The molecule has 1 N–H and O–H groups in total. The summed E-state index contributed by atoms with van der Waals surface area (Å²) in [6, 6.07) is 5.27. The summed E-state index contributed by atoms with van der Waals surface area (Å²) in [5.74, 6) is -0.262. The number of aromatic nitrogens is 2. The Morgan fingerprint density at radius 1 is 1.32 bits per heavy atom. The van der Waals surface area contributed by atoms with Crippen LogP contribution in [0.2, 0.25) is 0 Å². The predicted octanol–water partition coefficient (Wildman–Crippen LogP) is 3.37. The fourth-order valence-electron chi connectivity index (χ4n) is 2.71. The van der Waals surface area contributed by atoms with E-state index in [4.69, 9.17) is 4.74 Å². The molecule has 2 aromatic rings. The van der Waals surface area contributed by atoms with Crippen LogP contribution in [-0.4, -0.2) is 47.0 Å². The average Bonchev–Trinajstić information content (AvgIpc) is 2.67. The molecule has 2 heterocycles. The highest BCUT2D eigenvalue weighted by Gasteiger charge is 2.31. The minimum Gasteiger partial charge on any atom is -0.406 e. The highest BCUT2D eigenvalue weighted by Crippen LogP contribution is 2.26. The Morgan fingerprint density at radius 2 is 2.07 bits per heavy atom. The second-order valence-electron chi connectivity index (χ2n) is 6.24. The molecule has 1 aliphatic rings. The average molecular weight is 396 g/mol. The lowest BCUT2D eigenvalue weighted by Crippen LogP contribution is -2.38. The number of anilines is 1.